The smallest absolute Gasteiger partial charge is 0.122 e. The van der Waals surface area contributed by atoms with Crippen LogP contribution in [0, 0.1) is 5.92 Å². The summed E-state index contributed by atoms with van der Waals surface area (Å²) in [6, 6.07) is 8.53. The molecule has 1 fully saturated rings. The number of hydrogen-bond donors (Lipinski definition) is 1. The monoisotopic (exact) mass is 261 g/mol. The van der Waals surface area contributed by atoms with E-state index >= 15 is 0 Å². The normalized spacial score (nSPS) is 22.9. The molecule has 0 aliphatic heterocycles. The zero-order valence-corrected chi connectivity index (χ0v) is 12.7. The average Bonchev–Trinajstić information content (AvgIpc) is 2.29. The molecule has 2 heteroatoms. The van der Waals surface area contributed by atoms with Crippen molar-refractivity contribution in [1.29, 1.82) is 0 Å². The van der Waals surface area contributed by atoms with Gasteiger partial charge in [0.05, 0.1) is 6.61 Å². The standard InChI is InChI=1S/C17H27NO/c1-5-19-16-9-7-6-8-15(16)14-11-10-13(14)12-18-17(2,3)4/h6-9,13-14,18H,5,10-12H2,1-4H3. The quantitative estimate of drug-likeness (QED) is 0.866. The summed E-state index contributed by atoms with van der Waals surface area (Å²) in [5, 5.41) is 3.63. The highest BCUT2D eigenvalue weighted by molar-refractivity contribution is 5.38. The van der Waals surface area contributed by atoms with Crippen molar-refractivity contribution in [1.82, 2.24) is 5.32 Å². The summed E-state index contributed by atoms with van der Waals surface area (Å²) in [6.45, 7) is 10.6. The molecule has 2 atom stereocenters. The molecule has 0 saturated heterocycles. The Morgan fingerprint density at radius 3 is 2.53 bits per heavy atom. The Morgan fingerprint density at radius 2 is 1.95 bits per heavy atom. The van der Waals surface area contributed by atoms with E-state index < -0.39 is 0 Å². The van der Waals surface area contributed by atoms with Gasteiger partial charge in [-0.3, -0.25) is 0 Å². The first kappa shape index (κ1) is 14.4. The van der Waals surface area contributed by atoms with Crippen molar-refractivity contribution in [2.75, 3.05) is 13.2 Å². The van der Waals surface area contributed by atoms with Crippen LogP contribution in [0.4, 0.5) is 0 Å². The fourth-order valence-corrected chi connectivity index (χ4v) is 2.73. The van der Waals surface area contributed by atoms with E-state index in [9.17, 15) is 0 Å². The molecular formula is C17H27NO. The first-order chi connectivity index (χ1) is 9.01. The number of benzene rings is 1. The van der Waals surface area contributed by atoms with Gasteiger partial charge in [0.15, 0.2) is 0 Å². The van der Waals surface area contributed by atoms with Crippen LogP contribution in [-0.2, 0) is 0 Å². The van der Waals surface area contributed by atoms with Crippen LogP contribution in [0.3, 0.4) is 0 Å². The van der Waals surface area contributed by atoms with Gasteiger partial charge in [0.1, 0.15) is 5.75 Å². The third-order valence-corrected chi connectivity index (χ3v) is 3.93. The van der Waals surface area contributed by atoms with Gasteiger partial charge in [-0.1, -0.05) is 18.2 Å². The van der Waals surface area contributed by atoms with E-state index in [-0.39, 0.29) is 5.54 Å². The van der Waals surface area contributed by atoms with Crippen LogP contribution in [-0.4, -0.2) is 18.7 Å². The summed E-state index contributed by atoms with van der Waals surface area (Å²) in [5.41, 5.74) is 1.61. The van der Waals surface area contributed by atoms with Crippen molar-refractivity contribution < 1.29 is 4.74 Å². The number of para-hydroxylation sites is 1. The first-order valence-electron chi connectivity index (χ1n) is 7.48. The van der Waals surface area contributed by atoms with E-state index in [1.807, 2.05) is 0 Å². The maximum Gasteiger partial charge on any atom is 0.122 e. The predicted molar refractivity (Wildman–Crippen MR) is 80.8 cm³/mol. The second-order valence-electron chi connectivity index (χ2n) is 6.55. The molecule has 0 radical (unpaired) electrons. The highest BCUT2D eigenvalue weighted by atomic mass is 16.5. The Labute approximate surface area is 117 Å². The summed E-state index contributed by atoms with van der Waals surface area (Å²) < 4.78 is 5.77. The Hall–Kier alpha value is -1.02. The van der Waals surface area contributed by atoms with Crippen molar-refractivity contribution in [3.05, 3.63) is 29.8 Å². The Morgan fingerprint density at radius 1 is 1.21 bits per heavy atom. The van der Waals surface area contributed by atoms with E-state index in [4.69, 9.17) is 4.74 Å². The van der Waals surface area contributed by atoms with Gasteiger partial charge in [-0.05, 0) is 70.5 Å². The van der Waals surface area contributed by atoms with E-state index in [1.54, 1.807) is 0 Å². The molecule has 1 aromatic rings. The van der Waals surface area contributed by atoms with Crippen LogP contribution < -0.4 is 10.1 Å². The summed E-state index contributed by atoms with van der Waals surface area (Å²) >= 11 is 0. The van der Waals surface area contributed by atoms with Gasteiger partial charge in [0.25, 0.3) is 0 Å². The van der Waals surface area contributed by atoms with Crippen LogP contribution in [0.2, 0.25) is 0 Å². The Kier molecular flexibility index (Phi) is 4.51. The summed E-state index contributed by atoms with van der Waals surface area (Å²) in [5.74, 6) is 2.49. The van der Waals surface area contributed by atoms with Crippen LogP contribution in [0.1, 0.15) is 52.0 Å². The number of nitrogens with one attached hydrogen (secondary N) is 1. The minimum Gasteiger partial charge on any atom is -0.494 e. The summed E-state index contributed by atoms with van der Waals surface area (Å²) in [4.78, 5) is 0. The van der Waals surface area contributed by atoms with Crippen molar-refractivity contribution >= 4 is 0 Å². The highest BCUT2D eigenvalue weighted by Gasteiger charge is 2.34. The molecule has 0 spiro atoms. The van der Waals surface area contributed by atoms with E-state index in [2.05, 4.69) is 57.3 Å². The number of ether oxygens (including phenoxy) is 1. The first-order valence-corrected chi connectivity index (χ1v) is 7.48. The summed E-state index contributed by atoms with van der Waals surface area (Å²) in [6.07, 6.45) is 2.62. The molecule has 1 N–H and O–H groups in total. The fraction of sp³-hybridized carbons (Fsp3) is 0.647. The minimum absolute atomic E-state index is 0.208. The molecule has 0 bridgehead atoms. The Bertz CT molecular complexity index is 408. The average molecular weight is 261 g/mol. The van der Waals surface area contributed by atoms with Gasteiger partial charge in [-0.15, -0.1) is 0 Å². The maximum atomic E-state index is 5.77. The van der Waals surface area contributed by atoms with Crippen molar-refractivity contribution in [2.45, 2.75) is 52.0 Å². The second kappa shape index (κ2) is 5.96. The van der Waals surface area contributed by atoms with Crippen LogP contribution in [0.25, 0.3) is 0 Å². The van der Waals surface area contributed by atoms with Crippen LogP contribution >= 0.6 is 0 Å². The van der Waals surface area contributed by atoms with Gasteiger partial charge >= 0.3 is 0 Å². The molecule has 0 aromatic heterocycles. The molecule has 2 nitrogen and oxygen atoms in total. The van der Waals surface area contributed by atoms with Gasteiger partial charge in [-0.25, -0.2) is 0 Å². The highest BCUT2D eigenvalue weighted by Crippen LogP contribution is 2.45. The largest absolute Gasteiger partial charge is 0.494 e. The fourth-order valence-electron chi connectivity index (χ4n) is 2.73. The van der Waals surface area contributed by atoms with Crippen molar-refractivity contribution in [2.24, 2.45) is 5.92 Å². The third-order valence-electron chi connectivity index (χ3n) is 3.93. The van der Waals surface area contributed by atoms with E-state index in [0.717, 1.165) is 24.8 Å². The lowest BCUT2D eigenvalue weighted by molar-refractivity contribution is 0.219. The topological polar surface area (TPSA) is 21.3 Å². The molecule has 106 valence electrons. The SMILES string of the molecule is CCOc1ccccc1C1CCC1CNC(C)(C)C. The zero-order chi connectivity index (χ0) is 13.9. The second-order valence-corrected chi connectivity index (χ2v) is 6.55. The summed E-state index contributed by atoms with van der Waals surface area (Å²) in [7, 11) is 0. The molecule has 0 amide bonds. The number of hydrogen-bond acceptors (Lipinski definition) is 2. The predicted octanol–water partition coefficient (Wildman–Crippen LogP) is 3.97. The Balaban J connectivity index is 2.02. The molecule has 2 unspecified atom stereocenters. The lowest BCUT2D eigenvalue weighted by Crippen LogP contribution is -2.43. The molecule has 0 heterocycles. The van der Waals surface area contributed by atoms with Crippen LogP contribution in [0.5, 0.6) is 5.75 Å². The molecule has 2 rings (SSSR count). The molecule has 1 aliphatic carbocycles. The maximum absolute atomic E-state index is 5.77. The zero-order valence-electron chi connectivity index (χ0n) is 12.7. The van der Waals surface area contributed by atoms with E-state index in [1.165, 1.54) is 18.4 Å². The molecular weight excluding hydrogens is 234 g/mol. The van der Waals surface area contributed by atoms with Crippen LogP contribution in [0.15, 0.2) is 24.3 Å². The van der Waals surface area contributed by atoms with E-state index in [0.29, 0.717) is 5.92 Å². The van der Waals surface area contributed by atoms with Gasteiger partial charge in [0.2, 0.25) is 0 Å². The van der Waals surface area contributed by atoms with Gasteiger partial charge in [0, 0.05) is 5.54 Å². The lowest BCUT2D eigenvalue weighted by atomic mass is 9.69. The molecule has 19 heavy (non-hydrogen) atoms. The third kappa shape index (κ3) is 3.73. The van der Waals surface area contributed by atoms with Gasteiger partial charge in [-0.2, -0.15) is 0 Å². The number of rotatable bonds is 5. The minimum atomic E-state index is 0.208. The molecule has 1 aliphatic rings. The molecule has 1 saturated carbocycles. The molecule has 1 aromatic carbocycles. The van der Waals surface area contributed by atoms with Gasteiger partial charge < -0.3 is 10.1 Å². The lowest BCUT2D eigenvalue weighted by Gasteiger charge is -2.39. The van der Waals surface area contributed by atoms with Crippen molar-refractivity contribution in [3.8, 4) is 5.75 Å². The van der Waals surface area contributed by atoms with Crippen molar-refractivity contribution in [3.63, 3.8) is 0 Å².